The van der Waals surface area contributed by atoms with Gasteiger partial charge in [0.2, 0.25) is 0 Å². The van der Waals surface area contributed by atoms with E-state index in [1.807, 2.05) is 23.1 Å². The number of nitrogens with zero attached hydrogens (tertiary/aromatic N) is 4. The number of nitrogens with one attached hydrogen (secondary N) is 1. The number of rotatable bonds is 9. The lowest BCUT2D eigenvalue weighted by atomic mass is 10.2. The number of hydrogen-bond donors (Lipinski definition) is 1. The summed E-state index contributed by atoms with van der Waals surface area (Å²) in [5.74, 6) is 1.29. The second-order valence-electron chi connectivity index (χ2n) is 9.73. The Balaban J connectivity index is 1.33. The van der Waals surface area contributed by atoms with Crippen molar-refractivity contribution in [2.24, 2.45) is 0 Å². The van der Waals surface area contributed by atoms with E-state index < -0.39 is 0 Å². The molecule has 194 valence electrons. The van der Waals surface area contributed by atoms with Crippen molar-refractivity contribution in [1.29, 1.82) is 0 Å². The molecule has 3 aromatic rings. The average molecular weight is 494 g/mol. The number of carbonyl (C=O) groups excluding carboxylic acids is 1. The van der Waals surface area contributed by atoms with Crippen LogP contribution in [0, 0.1) is 0 Å². The van der Waals surface area contributed by atoms with Gasteiger partial charge in [0.05, 0.1) is 25.7 Å². The summed E-state index contributed by atoms with van der Waals surface area (Å²) < 4.78 is 13.8. The minimum atomic E-state index is -0.103. The highest BCUT2D eigenvalue weighted by atomic mass is 16.5. The first-order chi connectivity index (χ1) is 17.4. The molecule has 0 bridgehead atoms. The Hall–Kier alpha value is -3.39. The van der Waals surface area contributed by atoms with Crippen LogP contribution in [0.3, 0.4) is 0 Å². The lowest BCUT2D eigenvalue weighted by molar-refractivity contribution is 0.140. The van der Waals surface area contributed by atoms with Crippen LogP contribution in [0.25, 0.3) is 10.9 Å². The zero-order valence-corrected chi connectivity index (χ0v) is 22.1. The third-order valence-corrected chi connectivity index (χ3v) is 6.78. The summed E-state index contributed by atoms with van der Waals surface area (Å²) in [4.78, 5) is 17.2. The van der Waals surface area contributed by atoms with Gasteiger partial charge in [0, 0.05) is 55.1 Å². The Morgan fingerprint density at radius 2 is 1.69 bits per heavy atom. The second-order valence-corrected chi connectivity index (χ2v) is 9.73. The van der Waals surface area contributed by atoms with Gasteiger partial charge in [-0.1, -0.05) is 18.2 Å². The fourth-order valence-electron chi connectivity index (χ4n) is 4.87. The molecule has 0 spiro atoms. The molecule has 0 atom stereocenters. The monoisotopic (exact) mass is 493 g/mol. The molecular weight excluding hydrogens is 454 g/mol. The first-order valence-corrected chi connectivity index (χ1v) is 12.8. The third-order valence-electron chi connectivity index (χ3n) is 6.78. The largest absolute Gasteiger partial charge is 0.493 e. The van der Waals surface area contributed by atoms with Gasteiger partial charge in [0.25, 0.3) is 0 Å². The zero-order chi connectivity index (χ0) is 25.7. The predicted molar refractivity (Wildman–Crippen MR) is 146 cm³/mol. The number of para-hydroxylation sites is 1. The van der Waals surface area contributed by atoms with Gasteiger partial charge in [-0.3, -0.25) is 9.58 Å². The highest BCUT2D eigenvalue weighted by Gasteiger charge is 2.22. The Kier molecular flexibility index (Phi) is 8.25. The summed E-state index contributed by atoms with van der Waals surface area (Å²) in [6, 6.07) is 16.8. The van der Waals surface area contributed by atoms with E-state index in [-0.39, 0.29) is 6.03 Å². The number of aromatic nitrogens is 1. The highest BCUT2D eigenvalue weighted by Crippen LogP contribution is 2.30. The summed E-state index contributed by atoms with van der Waals surface area (Å²) in [6.07, 6.45) is 2.10. The molecular formula is C28H39N5O3. The lowest BCUT2D eigenvalue weighted by Gasteiger charge is -2.36. The van der Waals surface area contributed by atoms with E-state index in [9.17, 15) is 4.79 Å². The van der Waals surface area contributed by atoms with Gasteiger partial charge in [-0.2, -0.15) is 0 Å². The van der Waals surface area contributed by atoms with E-state index in [0.29, 0.717) is 49.0 Å². The highest BCUT2D eigenvalue weighted by molar-refractivity contribution is 5.90. The Morgan fingerprint density at radius 1 is 0.972 bits per heavy atom. The molecule has 0 radical (unpaired) electrons. The van der Waals surface area contributed by atoms with Crippen molar-refractivity contribution in [2.75, 3.05) is 56.8 Å². The van der Waals surface area contributed by atoms with E-state index >= 15 is 0 Å². The molecule has 1 N–H and O–H groups in total. The molecule has 2 amide bonds. The van der Waals surface area contributed by atoms with Crippen LogP contribution >= 0.6 is 0 Å². The third kappa shape index (κ3) is 5.87. The molecule has 1 aliphatic rings. The van der Waals surface area contributed by atoms with Crippen LogP contribution in [0.4, 0.5) is 10.5 Å². The summed E-state index contributed by atoms with van der Waals surface area (Å²) in [5, 5.41) is 6.53. The maximum Gasteiger partial charge on any atom is 0.321 e. The normalized spacial score (nSPS) is 14.2. The minimum absolute atomic E-state index is 0.103. The van der Waals surface area contributed by atoms with Gasteiger partial charge < -0.3 is 24.7 Å². The smallest absolute Gasteiger partial charge is 0.321 e. The van der Waals surface area contributed by atoms with Gasteiger partial charge >= 0.3 is 6.03 Å². The Labute approximate surface area is 214 Å². The number of carbonyl (C=O) groups is 1. The molecule has 0 unspecified atom stereocenters. The maximum absolute atomic E-state index is 13.0. The van der Waals surface area contributed by atoms with Gasteiger partial charge in [0.1, 0.15) is 6.61 Å². The van der Waals surface area contributed by atoms with E-state index in [4.69, 9.17) is 9.47 Å². The van der Waals surface area contributed by atoms with Gasteiger partial charge in [0.15, 0.2) is 11.5 Å². The SMILES string of the molecule is COc1ccc(NC(=O)N2CCN(n3ccc4ccccc43)CC2)cc1OCCN(C(C)C)C(C)C. The topological polar surface area (TPSA) is 62.2 Å². The average Bonchev–Trinajstić information content (AvgIpc) is 3.30. The minimum Gasteiger partial charge on any atom is -0.493 e. The summed E-state index contributed by atoms with van der Waals surface area (Å²) in [7, 11) is 1.63. The standard InChI is InChI=1S/C28H39N5O3/c1-21(2)32(22(3)4)18-19-36-27-20-24(10-11-26(27)35-5)29-28(34)30-14-16-31(17-15-30)33-13-12-23-8-6-7-9-25(23)33/h6-13,20-22H,14-19H2,1-5H3,(H,29,34). The number of amides is 2. The van der Waals surface area contributed by atoms with Gasteiger partial charge in [-0.05, 0) is 52.0 Å². The van der Waals surface area contributed by atoms with Crippen molar-refractivity contribution in [3.63, 3.8) is 0 Å². The number of hydrogen-bond acceptors (Lipinski definition) is 5. The van der Waals surface area contributed by atoms with E-state index in [0.717, 1.165) is 19.6 Å². The number of ether oxygens (including phenoxy) is 2. The fourth-order valence-corrected chi connectivity index (χ4v) is 4.87. The van der Waals surface area contributed by atoms with Gasteiger partial charge in [-0.25, -0.2) is 4.79 Å². The van der Waals surface area contributed by atoms with E-state index in [1.165, 1.54) is 10.9 Å². The molecule has 8 heteroatoms. The first kappa shape index (κ1) is 25.7. The van der Waals surface area contributed by atoms with Crippen molar-refractivity contribution >= 4 is 22.6 Å². The Bertz CT molecular complexity index is 1140. The predicted octanol–water partition coefficient (Wildman–Crippen LogP) is 4.63. The molecule has 2 heterocycles. The molecule has 1 aliphatic heterocycles. The second kappa shape index (κ2) is 11.6. The number of benzene rings is 2. The number of anilines is 1. The van der Waals surface area contributed by atoms with Crippen LogP contribution in [-0.4, -0.2) is 79.0 Å². The number of methoxy groups -OCH3 is 1. The van der Waals surface area contributed by atoms with Crippen molar-refractivity contribution in [3.05, 3.63) is 54.7 Å². The van der Waals surface area contributed by atoms with E-state index in [1.54, 1.807) is 7.11 Å². The van der Waals surface area contributed by atoms with Crippen LogP contribution in [0.2, 0.25) is 0 Å². The molecule has 1 saturated heterocycles. The van der Waals surface area contributed by atoms with Crippen molar-refractivity contribution in [2.45, 2.75) is 39.8 Å². The summed E-state index contributed by atoms with van der Waals surface area (Å²) in [6.45, 7) is 13.0. The number of piperazine rings is 1. The molecule has 36 heavy (non-hydrogen) atoms. The molecule has 4 rings (SSSR count). The molecule has 2 aromatic carbocycles. The molecule has 1 aromatic heterocycles. The molecule has 8 nitrogen and oxygen atoms in total. The zero-order valence-electron chi connectivity index (χ0n) is 22.1. The van der Waals surface area contributed by atoms with Crippen molar-refractivity contribution in [1.82, 2.24) is 14.5 Å². The summed E-state index contributed by atoms with van der Waals surface area (Å²) in [5.41, 5.74) is 1.88. The summed E-state index contributed by atoms with van der Waals surface area (Å²) >= 11 is 0. The quantitative estimate of drug-likeness (QED) is 0.471. The van der Waals surface area contributed by atoms with Crippen LogP contribution in [0.1, 0.15) is 27.7 Å². The van der Waals surface area contributed by atoms with Crippen LogP contribution in [0.15, 0.2) is 54.7 Å². The van der Waals surface area contributed by atoms with Crippen LogP contribution in [0.5, 0.6) is 11.5 Å². The number of urea groups is 1. The van der Waals surface area contributed by atoms with Crippen LogP contribution in [-0.2, 0) is 0 Å². The molecule has 0 aliphatic carbocycles. The first-order valence-electron chi connectivity index (χ1n) is 12.8. The van der Waals surface area contributed by atoms with Crippen molar-refractivity contribution < 1.29 is 14.3 Å². The lowest BCUT2D eigenvalue weighted by Crippen LogP contribution is -2.53. The molecule has 1 fully saturated rings. The van der Waals surface area contributed by atoms with Gasteiger partial charge in [-0.15, -0.1) is 0 Å². The fraction of sp³-hybridized carbons (Fsp3) is 0.464. The molecule has 0 saturated carbocycles. The van der Waals surface area contributed by atoms with Crippen LogP contribution < -0.4 is 19.8 Å². The maximum atomic E-state index is 13.0. The van der Waals surface area contributed by atoms with E-state index in [2.05, 4.69) is 84.1 Å². The Morgan fingerprint density at radius 3 is 2.39 bits per heavy atom. The van der Waals surface area contributed by atoms with Crippen molar-refractivity contribution in [3.8, 4) is 11.5 Å². The number of fused-ring (bicyclic) bond motifs is 1.